The van der Waals surface area contributed by atoms with Crippen molar-refractivity contribution >= 4 is 22.8 Å². The molecule has 0 fully saturated rings. The lowest BCUT2D eigenvalue weighted by atomic mass is 10.0. The number of aromatic nitrogens is 1. The molecule has 1 amide bonds. The van der Waals surface area contributed by atoms with Crippen LogP contribution in [0.2, 0.25) is 0 Å². The first-order valence-electron chi connectivity index (χ1n) is 8.03. The molecule has 0 aliphatic carbocycles. The number of hydrogen-bond donors (Lipinski definition) is 2. The number of carboxylic acid groups (broad SMARTS) is 1. The zero-order chi connectivity index (χ0) is 18.7. The van der Waals surface area contributed by atoms with Gasteiger partial charge in [-0.15, -0.1) is 0 Å². The van der Waals surface area contributed by atoms with Crippen LogP contribution in [0.15, 0.2) is 18.2 Å². The molecule has 0 aliphatic heterocycles. The van der Waals surface area contributed by atoms with Crippen molar-refractivity contribution in [3.63, 3.8) is 0 Å². The van der Waals surface area contributed by atoms with E-state index in [0.717, 1.165) is 10.9 Å². The molecule has 1 atom stereocenters. The summed E-state index contributed by atoms with van der Waals surface area (Å²) < 4.78 is 12.3. The summed E-state index contributed by atoms with van der Waals surface area (Å²) >= 11 is 0. The van der Waals surface area contributed by atoms with E-state index in [4.69, 9.17) is 9.47 Å². The van der Waals surface area contributed by atoms with Crippen LogP contribution < -0.4 is 14.8 Å². The molecular weight excluding hydrogens is 324 g/mol. The van der Waals surface area contributed by atoms with E-state index in [9.17, 15) is 14.7 Å². The molecule has 0 radical (unpaired) electrons. The van der Waals surface area contributed by atoms with Gasteiger partial charge < -0.3 is 24.5 Å². The van der Waals surface area contributed by atoms with Gasteiger partial charge in [-0.25, -0.2) is 4.79 Å². The van der Waals surface area contributed by atoms with Crippen molar-refractivity contribution in [3.05, 3.63) is 23.9 Å². The van der Waals surface area contributed by atoms with Gasteiger partial charge in [-0.05, 0) is 18.4 Å². The Morgan fingerprint density at radius 2 is 1.88 bits per heavy atom. The Kier molecular flexibility index (Phi) is 5.56. The molecule has 0 saturated carbocycles. The van der Waals surface area contributed by atoms with Gasteiger partial charge in [0.25, 0.3) is 5.91 Å². The lowest BCUT2D eigenvalue weighted by Gasteiger charge is -2.16. The monoisotopic (exact) mass is 348 g/mol. The maximum atomic E-state index is 12.6. The highest BCUT2D eigenvalue weighted by Crippen LogP contribution is 2.33. The van der Waals surface area contributed by atoms with Crippen LogP contribution in [-0.2, 0) is 11.8 Å². The average Bonchev–Trinajstić information content (AvgIpc) is 2.89. The first-order valence-corrected chi connectivity index (χ1v) is 8.03. The van der Waals surface area contributed by atoms with Crippen molar-refractivity contribution in [3.8, 4) is 11.5 Å². The van der Waals surface area contributed by atoms with Crippen LogP contribution >= 0.6 is 0 Å². The van der Waals surface area contributed by atoms with Crippen molar-refractivity contribution in [2.45, 2.75) is 26.3 Å². The quantitative estimate of drug-likeness (QED) is 0.802. The summed E-state index contributed by atoms with van der Waals surface area (Å²) in [6.45, 7) is 3.83. The normalized spacial score (nSPS) is 12.2. The number of carbonyl (C=O) groups is 2. The Morgan fingerprint density at radius 3 is 2.40 bits per heavy atom. The topological polar surface area (TPSA) is 89.8 Å². The second-order valence-corrected chi connectivity index (χ2v) is 6.34. The second kappa shape index (κ2) is 7.46. The molecule has 0 spiro atoms. The molecule has 2 rings (SSSR count). The molecule has 1 aromatic carbocycles. The number of aliphatic carboxylic acids is 1. The molecule has 0 saturated heterocycles. The number of aryl methyl sites for hydroxylation is 1. The van der Waals surface area contributed by atoms with Crippen molar-refractivity contribution in [1.29, 1.82) is 0 Å². The molecule has 1 aromatic heterocycles. The Balaban J connectivity index is 2.41. The minimum Gasteiger partial charge on any atom is -0.497 e. The zero-order valence-electron chi connectivity index (χ0n) is 15.1. The molecule has 1 unspecified atom stereocenters. The van der Waals surface area contributed by atoms with Gasteiger partial charge in [0.1, 0.15) is 23.2 Å². The standard InChI is InChI=1S/C18H24N2O5/c1-10(2)6-13(18(22)23)19-17(21)15-9-12-14(20(15)3)7-11(24-4)8-16(12)25-5/h7-10,13H,6H2,1-5H3,(H,19,21)(H,22,23). The zero-order valence-corrected chi connectivity index (χ0v) is 15.1. The van der Waals surface area contributed by atoms with E-state index in [-0.39, 0.29) is 5.92 Å². The molecule has 7 nitrogen and oxygen atoms in total. The molecule has 0 bridgehead atoms. The smallest absolute Gasteiger partial charge is 0.326 e. The number of fused-ring (bicyclic) bond motifs is 1. The predicted octanol–water partition coefficient (Wildman–Crippen LogP) is 2.42. The van der Waals surface area contributed by atoms with E-state index in [1.54, 1.807) is 44.0 Å². The van der Waals surface area contributed by atoms with Crippen molar-refractivity contribution in [2.75, 3.05) is 14.2 Å². The van der Waals surface area contributed by atoms with E-state index >= 15 is 0 Å². The van der Waals surface area contributed by atoms with Crippen LogP contribution in [0.3, 0.4) is 0 Å². The number of carboxylic acids is 1. The van der Waals surface area contributed by atoms with Crippen LogP contribution in [0.1, 0.15) is 30.8 Å². The van der Waals surface area contributed by atoms with E-state index in [1.807, 2.05) is 13.8 Å². The SMILES string of the molecule is COc1cc(OC)c2cc(C(=O)NC(CC(C)C)C(=O)O)n(C)c2c1. The van der Waals surface area contributed by atoms with Crippen molar-refractivity contribution in [1.82, 2.24) is 9.88 Å². The third kappa shape index (κ3) is 3.87. The van der Waals surface area contributed by atoms with E-state index < -0.39 is 17.9 Å². The molecule has 7 heteroatoms. The highest BCUT2D eigenvalue weighted by Gasteiger charge is 2.24. The molecule has 2 N–H and O–H groups in total. The molecular formula is C18H24N2O5. The fourth-order valence-electron chi connectivity index (χ4n) is 2.80. The number of carbonyl (C=O) groups excluding carboxylic acids is 1. The van der Waals surface area contributed by atoms with Gasteiger partial charge in [0.15, 0.2) is 0 Å². The van der Waals surface area contributed by atoms with Gasteiger partial charge in [0.05, 0.1) is 19.7 Å². The fraction of sp³-hybridized carbons (Fsp3) is 0.444. The van der Waals surface area contributed by atoms with Gasteiger partial charge in [0, 0.05) is 24.6 Å². The first kappa shape index (κ1) is 18.6. The first-order chi connectivity index (χ1) is 11.8. The van der Waals surface area contributed by atoms with E-state index in [2.05, 4.69) is 5.32 Å². The number of nitrogens with zero attached hydrogens (tertiary/aromatic N) is 1. The summed E-state index contributed by atoms with van der Waals surface area (Å²) in [6, 6.07) is 4.30. The van der Waals surface area contributed by atoms with Crippen LogP contribution in [0.4, 0.5) is 0 Å². The highest BCUT2D eigenvalue weighted by molar-refractivity contribution is 6.02. The van der Waals surface area contributed by atoms with Gasteiger partial charge in [-0.2, -0.15) is 0 Å². The molecule has 136 valence electrons. The van der Waals surface area contributed by atoms with E-state index in [1.165, 1.54) is 0 Å². The molecule has 2 aromatic rings. The van der Waals surface area contributed by atoms with E-state index in [0.29, 0.717) is 23.6 Å². The summed E-state index contributed by atoms with van der Waals surface area (Å²) in [5.74, 6) is -0.132. The molecule has 0 aliphatic rings. The van der Waals surface area contributed by atoms with Crippen LogP contribution in [0.25, 0.3) is 10.9 Å². The maximum absolute atomic E-state index is 12.6. The third-order valence-corrected chi connectivity index (χ3v) is 4.10. The molecule has 1 heterocycles. The van der Waals surface area contributed by atoms with Gasteiger partial charge in [0.2, 0.25) is 0 Å². The average molecular weight is 348 g/mol. The van der Waals surface area contributed by atoms with Crippen LogP contribution in [0.5, 0.6) is 11.5 Å². The number of hydrogen-bond acceptors (Lipinski definition) is 4. The van der Waals surface area contributed by atoms with Gasteiger partial charge in [-0.3, -0.25) is 4.79 Å². The van der Waals surface area contributed by atoms with Crippen LogP contribution in [-0.4, -0.2) is 41.8 Å². The maximum Gasteiger partial charge on any atom is 0.326 e. The largest absolute Gasteiger partial charge is 0.497 e. The summed E-state index contributed by atoms with van der Waals surface area (Å²) in [7, 11) is 4.85. The number of methoxy groups -OCH3 is 2. The predicted molar refractivity (Wildman–Crippen MR) is 94.4 cm³/mol. The van der Waals surface area contributed by atoms with Crippen molar-refractivity contribution < 1.29 is 24.2 Å². The third-order valence-electron chi connectivity index (χ3n) is 4.10. The Bertz CT molecular complexity index is 794. The number of amides is 1. The summed E-state index contributed by atoms with van der Waals surface area (Å²) in [5, 5.41) is 12.7. The fourth-order valence-corrected chi connectivity index (χ4v) is 2.80. The Labute approximate surface area is 146 Å². The number of benzene rings is 1. The van der Waals surface area contributed by atoms with Gasteiger partial charge >= 0.3 is 5.97 Å². The Morgan fingerprint density at radius 1 is 1.20 bits per heavy atom. The summed E-state index contributed by atoms with van der Waals surface area (Å²) in [4.78, 5) is 24.0. The summed E-state index contributed by atoms with van der Waals surface area (Å²) in [6.07, 6.45) is 0.363. The second-order valence-electron chi connectivity index (χ2n) is 6.34. The highest BCUT2D eigenvalue weighted by atomic mass is 16.5. The molecule has 25 heavy (non-hydrogen) atoms. The lowest BCUT2D eigenvalue weighted by molar-refractivity contribution is -0.139. The summed E-state index contributed by atoms with van der Waals surface area (Å²) in [5.41, 5.74) is 1.12. The minimum absolute atomic E-state index is 0.151. The minimum atomic E-state index is -1.04. The lowest BCUT2D eigenvalue weighted by Crippen LogP contribution is -2.42. The number of nitrogens with one attached hydrogen (secondary N) is 1. The number of ether oxygens (including phenoxy) is 2. The Hall–Kier alpha value is -2.70. The van der Waals surface area contributed by atoms with Gasteiger partial charge in [-0.1, -0.05) is 13.8 Å². The van der Waals surface area contributed by atoms with Crippen LogP contribution in [0, 0.1) is 5.92 Å². The van der Waals surface area contributed by atoms with Crippen molar-refractivity contribution in [2.24, 2.45) is 13.0 Å². The number of rotatable bonds is 7.